The number of carboxylic acids is 1. The van der Waals surface area contributed by atoms with Gasteiger partial charge in [-0.1, -0.05) is 84.9 Å². The lowest BCUT2D eigenvalue weighted by Gasteiger charge is -2.22. The van der Waals surface area contributed by atoms with E-state index in [2.05, 4.69) is 10.6 Å². The first-order valence-corrected chi connectivity index (χ1v) is 10.4. The van der Waals surface area contributed by atoms with Crippen molar-refractivity contribution >= 4 is 18.2 Å². The van der Waals surface area contributed by atoms with E-state index in [9.17, 15) is 19.5 Å². The number of rotatable bonds is 11. The highest BCUT2D eigenvalue weighted by atomic mass is 16.4. The molecule has 3 N–H and O–H groups in total. The molecule has 3 aromatic rings. The Hall–Kier alpha value is -3.77. The standard InChI is InChI=1S/C26H26N2O4/c29-18-22-13-11-21(12-14-22)17-27-23(15-19-7-3-1-4-8-19)25(30)28-24(26(31)32)16-20-9-5-2-6-10-20/h1-14,18,23-24,27H,15-17H2,(H,28,30)(H,31,32)/t23-,24-/m0/s1. The van der Waals surface area contributed by atoms with Gasteiger partial charge in [-0.25, -0.2) is 4.79 Å². The molecule has 0 aliphatic carbocycles. The average Bonchev–Trinajstić information content (AvgIpc) is 2.82. The van der Waals surface area contributed by atoms with Gasteiger partial charge in [0.25, 0.3) is 0 Å². The van der Waals surface area contributed by atoms with Crippen LogP contribution >= 0.6 is 0 Å². The molecule has 1 amide bonds. The summed E-state index contributed by atoms with van der Waals surface area (Å²) in [6, 6.07) is 24.2. The Bertz CT molecular complexity index is 1020. The van der Waals surface area contributed by atoms with E-state index in [1.54, 1.807) is 12.1 Å². The largest absolute Gasteiger partial charge is 0.480 e. The first kappa shape index (κ1) is 22.9. The lowest BCUT2D eigenvalue weighted by atomic mass is 10.0. The molecule has 0 aliphatic rings. The number of nitrogens with one attached hydrogen (secondary N) is 2. The van der Waals surface area contributed by atoms with Crippen LogP contribution in [-0.4, -0.2) is 35.4 Å². The highest BCUT2D eigenvalue weighted by Crippen LogP contribution is 2.09. The summed E-state index contributed by atoms with van der Waals surface area (Å²) < 4.78 is 0. The molecule has 0 heterocycles. The first-order chi connectivity index (χ1) is 15.5. The quantitative estimate of drug-likeness (QED) is 0.407. The van der Waals surface area contributed by atoms with Crippen LogP contribution in [0.2, 0.25) is 0 Å². The summed E-state index contributed by atoms with van der Waals surface area (Å²) >= 11 is 0. The predicted octanol–water partition coefficient (Wildman–Crippen LogP) is 3.01. The van der Waals surface area contributed by atoms with Gasteiger partial charge in [0, 0.05) is 18.5 Å². The molecule has 2 atom stereocenters. The van der Waals surface area contributed by atoms with Gasteiger partial charge in [-0.15, -0.1) is 0 Å². The number of aldehydes is 1. The maximum Gasteiger partial charge on any atom is 0.326 e. The Morgan fingerprint density at radius 2 is 1.28 bits per heavy atom. The number of benzene rings is 3. The fraction of sp³-hybridized carbons (Fsp3) is 0.192. The smallest absolute Gasteiger partial charge is 0.326 e. The van der Waals surface area contributed by atoms with Crippen LogP contribution < -0.4 is 10.6 Å². The van der Waals surface area contributed by atoms with Gasteiger partial charge in [0.15, 0.2) is 0 Å². The summed E-state index contributed by atoms with van der Waals surface area (Å²) in [7, 11) is 0. The van der Waals surface area contributed by atoms with E-state index in [0.29, 0.717) is 18.5 Å². The third kappa shape index (κ3) is 6.89. The Labute approximate surface area is 187 Å². The minimum Gasteiger partial charge on any atom is -0.480 e. The van der Waals surface area contributed by atoms with E-state index in [1.807, 2.05) is 72.8 Å². The number of amides is 1. The molecule has 0 unspecified atom stereocenters. The van der Waals surface area contributed by atoms with Crippen molar-refractivity contribution in [1.82, 2.24) is 10.6 Å². The van der Waals surface area contributed by atoms with Gasteiger partial charge in [-0.05, 0) is 23.1 Å². The van der Waals surface area contributed by atoms with Gasteiger partial charge < -0.3 is 15.7 Å². The van der Waals surface area contributed by atoms with Crippen LogP contribution in [0.3, 0.4) is 0 Å². The number of carboxylic acid groups (broad SMARTS) is 1. The van der Waals surface area contributed by atoms with E-state index in [4.69, 9.17) is 0 Å². The Morgan fingerprint density at radius 1 is 0.750 bits per heavy atom. The summed E-state index contributed by atoms with van der Waals surface area (Å²) in [6.45, 7) is 0.403. The zero-order valence-corrected chi connectivity index (χ0v) is 17.6. The molecule has 0 radical (unpaired) electrons. The second-order valence-corrected chi connectivity index (χ2v) is 7.57. The topological polar surface area (TPSA) is 95.5 Å². The molecule has 0 aromatic heterocycles. The van der Waals surface area contributed by atoms with Crippen LogP contribution in [0.15, 0.2) is 84.9 Å². The molecule has 0 bridgehead atoms. The maximum atomic E-state index is 13.1. The SMILES string of the molecule is O=Cc1ccc(CN[C@@H](Cc2ccccc2)C(=O)N[C@@H](Cc2ccccc2)C(=O)O)cc1. The van der Waals surface area contributed by atoms with Crippen LogP contribution in [0, 0.1) is 0 Å². The van der Waals surface area contributed by atoms with Crippen molar-refractivity contribution in [3.05, 3.63) is 107 Å². The molecule has 0 fully saturated rings. The van der Waals surface area contributed by atoms with Crippen molar-refractivity contribution < 1.29 is 19.5 Å². The maximum absolute atomic E-state index is 13.1. The van der Waals surface area contributed by atoms with Gasteiger partial charge in [-0.3, -0.25) is 9.59 Å². The number of hydrogen-bond acceptors (Lipinski definition) is 4. The van der Waals surface area contributed by atoms with E-state index < -0.39 is 18.1 Å². The molecule has 0 aliphatic heterocycles. The molecular formula is C26H26N2O4. The fourth-order valence-electron chi connectivity index (χ4n) is 3.38. The van der Waals surface area contributed by atoms with Crippen molar-refractivity contribution in [1.29, 1.82) is 0 Å². The van der Waals surface area contributed by atoms with Crippen molar-refractivity contribution in [3.63, 3.8) is 0 Å². The van der Waals surface area contributed by atoms with E-state index in [1.165, 1.54) is 0 Å². The van der Waals surface area contributed by atoms with Gasteiger partial charge in [0.2, 0.25) is 5.91 Å². The molecule has 6 nitrogen and oxygen atoms in total. The Morgan fingerprint density at radius 3 is 1.78 bits per heavy atom. The van der Waals surface area contributed by atoms with Crippen molar-refractivity contribution in [2.75, 3.05) is 0 Å². The van der Waals surface area contributed by atoms with Gasteiger partial charge in [0.05, 0.1) is 6.04 Å². The van der Waals surface area contributed by atoms with Crippen LogP contribution in [0.25, 0.3) is 0 Å². The highest BCUT2D eigenvalue weighted by molar-refractivity contribution is 5.87. The second kappa shape index (κ2) is 11.6. The van der Waals surface area contributed by atoms with Crippen LogP contribution in [0.4, 0.5) is 0 Å². The lowest BCUT2D eigenvalue weighted by Crippen LogP contribution is -2.51. The summed E-state index contributed by atoms with van der Waals surface area (Å²) in [5.41, 5.74) is 3.30. The van der Waals surface area contributed by atoms with Gasteiger partial charge in [0.1, 0.15) is 12.3 Å². The number of carbonyl (C=O) groups excluding carboxylic acids is 2. The molecular weight excluding hydrogens is 404 g/mol. The molecule has 32 heavy (non-hydrogen) atoms. The molecule has 0 spiro atoms. The molecule has 0 saturated carbocycles. The third-order valence-corrected chi connectivity index (χ3v) is 5.16. The van der Waals surface area contributed by atoms with E-state index in [0.717, 1.165) is 23.0 Å². The number of hydrogen-bond donors (Lipinski definition) is 3. The lowest BCUT2D eigenvalue weighted by molar-refractivity contribution is -0.142. The van der Waals surface area contributed by atoms with E-state index in [-0.39, 0.29) is 12.3 Å². The first-order valence-electron chi connectivity index (χ1n) is 10.4. The summed E-state index contributed by atoms with van der Waals surface area (Å²) in [6.07, 6.45) is 1.39. The minimum atomic E-state index is -1.08. The zero-order chi connectivity index (χ0) is 22.8. The van der Waals surface area contributed by atoms with Crippen LogP contribution in [-0.2, 0) is 29.0 Å². The zero-order valence-electron chi connectivity index (χ0n) is 17.6. The highest BCUT2D eigenvalue weighted by Gasteiger charge is 2.25. The van der Waals surface area contributed by atoms with Gasteiger partial charge in [-0.2, -0.15) is 0 Å². The molecule has 0 saturated heterocycles. The Kier molecular flexibility index (Phi) is 8.29. The third-order valence-electron chi connectivity index (χ3n) is 5.16. The second-order valence-electron chi connectivity index (χ2n) is 7.57. The monoisotopic (exact) mass is 430 g/mol. The normalized spacial score (nSPS) is 12.5. The molecule has 3 aromatic carbocycles. The predicted molar refractivity (Wildman–Crippen MR) is 122 cm³/mol. The van der Waals surface area contributed by atoms with Crippen molar-refractivity contribution in [2.45, 2.75) is 31.5 Å². The van der Waals surface area contributed by atoms with Crippen LogP contribution in [0.5, 0.6) is 0 Å². The van der Waals surface area contributed by atoms with E-state index >= 15 is 0 Å². The molecule has 164 valence electrons. The fourth-order valence-corrected chi connectivity index (χ4v) is 3.38. The number of aliphatic carboxylic acids is 1. The average molecular weight is 431 g/mol. The summed E-state index contributed by atoms with van der Waals surface area (Å²) in [5, 5.41) is 15.6. The molecule has 3 rings (SSSR count). The minimum absolute atomic E-state index is 0.202. The van der Waals surface area contributed by atoms with Crippen molar-refractivity contribution in [2.24, 2.45) is 0 Å². The number of carbonyl (C=O) groups is 3. The summed E-state index contributed by atoms with van der Waals surface area (Å²) in [5.74, 6) is -1.45. The Balaban J connectivity index is 1.71. The molecule has 6 heteroatoms. The van der Waals surface area contributed by atoms with Crippen molar-refractivity contribution in [3.8, 4) is 0 Å². The summed E-state index contributed by atoms with van der Waals surface area (Å²) in [4.78, 5) is 35.7. The van der Waals surface area contributed by atoms with Gasteiger partial charge >= 0.3 is 5.97 Å². The van der Waals surface area contributed by atoms with Crippen LogP contribution in [0.1, 0.15) is 27.0 Å².